The van der Waals surface area contributed by atoms with E-state index in [-0.39, 0.29) is 4.92 Å². The number of nitro groups is 1. The van der Waals surface area contributed by atoms with E-state index in [0.717, 1.165) is 10.5 Å². The number of nitrogens with zero attached hydrogens (tertiary/aromatic N) is 4. The van der Waals surface area contributed by atoms with Gasteiger partial charge in [0.05, 0.1) is 17.9 Å². The Morgan fingerprint density at radius 1 is 1.08 bits per heavy atom. The molecule has 4 unspecified atom stereocenters. The van der Waals surface area contributed by atoms with Crippen LogP contribution >= 0.6 is 0 Å². The maximum Gasteiger partial charge on any atom is 0.330 e. The molecule has 1 fully saturated rings. The van der Waals surface area contributed by atoms with Gasteiger partial charge in [0.25, 0.3) is 0 Å². The topological polar surface area (TPSA) is 87.0 Å². The van der Waals surface area contributed by atoms with Crippen molar-refractivity contribution < 1.29 is 14.5 Å². The Bertz CT molecular complexity index is 777. The average Bonchev–Trinajstić information content (AvgIpc) is 2.63. The lowest BCUT2D eigenvalue weighted by Crippen LogP contribution is -2.60. The maximum absolute atomic E-state index is 12.9. The Kier molecular flexibility index (Phi) is 4.53. The lowest BCUT2D eigenvalue weighted by molar-refractivity contribution is -0.534. The number of hydrogen-bond acceptors (Lipinski definition) is 5. The van der Waals surface area contributed by atoms with Gasteiger partial charge in [0, 0.05) is 24.7 Å². The predicted octanol–water partition coefficient (Wildman–Crippen LogP) is 1.38. The Morgan fingerprint density at radius 2 is 1.69 bits per heavy atom. The summed E-state index contributed by atoms with van der Waals surface area (Å²) in [5.41, 5.74) is 1.25. The number of carbonyl (C=O) groups is 2. The zero-order valence-electron chi connectivity index (χ0n) is 15.2. The van der Waals surface area contributed by atoms with Crippen LogP contribution in [0.2, 0.25) is 0 Å². The second-order valence-corrected chi connectivity index (χ2v) is 6.97. The minimum absolute atomic E-state index is 0.306. The van der Waals surface area contributed by atoms with Gasteiger partial charge in [-0.15, -0.1) is 0 Å². The van der Waals surface area contributed by atoms with Crippen LogP contribution in [-0.2, 0) is 4.79 Å². The monoisotopic (exact) mass is 358 g/mol. The number of benzene rings is 1. The van der Waals surface area contributed by atoms with Crippen molar-refractivity contribution in [2.45, 2.75) is 18.0 Å². The normalized spacial score (nSPS) is 28.9. The lowest BCUT2D eigenvalue weighted by Gasteiger charge is -2.45. The molecule has 0 bridgehead atoms. The molecule has 1 saturated heterocycles. The fourth-order valence-corrected chi connectivity index (χ4v) is 3.98. The summed E-state index contributed by atoms with van der Waals surface area (Å²) in [6, 6.07) is 7.09. The molecule has 8 heteroatoms. The van der Waals surface area contributed by atoms with Gasteiger partial charge in [0.1, 0.15) is 0 Å². The SMILES string of the molecule is CN1C(=O)C2C(=CC(N(C)C)C([N+](=O)[O-])C2c2ccccc2)N(C)C1=O. The van der Waals surface area contributed by atoms with Gasteiger partial charge in [-0.2, -0.15) is 0 Å². The highest BCUT2D eigenvalue weighted by Crippen LogP contribution is 2.44. The van der Waals surface area contributed by atoms with Crippen LogP contribution in [0, 0.1) is 16.0 Å². The number of imide groups is 1. The zero-order chi connectivity index (χ0) is 19.2. The van der Waals surface area contributed by atoms with Crippen molar-refractivity contribution in [1.82, 2.24) is 14.7 Å². The molecule has 0 saturated carbocycles. The maximum atomic E-state index is 12.9. The molecule has 26 heavy (non-hydrogen) atoms. The van der Waals surface area contributed by atoms with Crippen LogP contribution in [0.3, 0.4) is 0 Å². The molecule has 0 spiro atoms. The summed E-state index contributed by atoms with van der Waals surface area (Å²) >= 11 is 0. The van der Waals surface area contributed by atoms with E-state index in [9.17, 15) is 19.7 Å². The Balaban J connectivity index is 2.24. The minimum atomic E-state index is -1.000. The van der Waals surface area contributed by atoms with Gasteiger partial charge in [-0.25, -0.2) is 4.79 Å². The third-order valence-corrected chi connectivity index (χ3v) is 5.32. The molecule has 1 aromatic rings. The fourth-order valence-electron chi connectivity index (χ4n) is 3.98. The van der Waals surface area contributed by atoms with Crippen molar-refractivity contribution in [3.05, 3.63) is 57.8 Å². The Morgan fingerprint density at radius 3 is 2.23 bits per heavy atom. The van der Waals surface area contributed by atoms with E-state index in [1.165, 1.54) is 11.9 Å². The van der Waals surface area contributed by atoms with E-state index in [1.807, 2.05) is 6.07 Å². The highest BCUT2D eigenvalue weighted by Gasteiger charge is 2.55. The van der Waals surface area contributed by atoms with Crippen molar-refractivity contribution in [1.29, 1.82) is 0 Å². The summed E-state index contributed by atoms with van der Waals surface area (Å²) in [6.07, 6.45) is 1.69. The standard InChI is InChI=1S/C18H22N4O4/c1-19(2)13-10-12-15(17(23)21(4)18(24)20(12)3)14(16(13)22(25)26)11-8-6-5-7-9-11/h5-10,13-16H,1-4H3. The molecular formula is C18H22N4O4. The number of rotatable bonds is 3. The minimum Gasteiger partial charge on any atom is -0.300 e. The lowest BCUT2D eigenvalue weighted by atomic mass is 9.70. The van der Waals surface area contributed by atoms with Crippen LogP contribution in [0.1, 0.15) is 11.5 Å². The van der Waals surface area contributed by atoms with E-state index >= 15 is 0 Å². The van der Waals surface area contributed by atoms with E-state index in [2.05, 4.69) is 0 Å². The summed E-state index contributed by atoms with van der Waals surface area (Å²) < 4.78 is 0. The number of carbonyl (C=O) groups excluding carboxylic acids is 2. The highest BCUT2D eigenvalue weighted by molar-refractivity contribution is 6.01. The van der Waals surface area contributed by atoms with Gasteiger partial charge in [0.15, 0.2) is 0 Å². The second-order valence-electron chi connectivity index (χ2n) is 6.97. The first-order valence-electron chi connectivity index (χ1n) is 8.37. The van der Waals surface area contributed by atoms with Gasteiger partial charge < -0.3 is 4.90 Å². The molecule has 0 aromatic heterocycles. The number of hydrogen-bond donors (Lipinski definition) is 0. The van der Waals surface area contributed by atoms with Crippen molar-refractivity contribution >= 4 is 11.9 Å². The van der Waals surface area contributed by atoms with Crippen LogP contribution in [-0.4, -0.2) is 71.8 Å². The molecule has 4 atom stereocenters. The number of fused-ring (bicyclic) bond motifs is 1. The largest absolute Gasteiger partial charge is 0.330 e. The first-order chi connectivity index (χ1) is 12.3. The Labute approximate surface area is 151 Å². The van der Waals surface area contributed by atoms with Crippen molar-refractivity contribution in [3.8, 4) is 0 Å². The molecule has 1 heterocycles. The average molecular weight is 358 g/mol. The van der Waals surface area contributed by atoms with Crippen LogP contribution in [0.25, 0.3) is 0 Å². The van der Waals surface area contributed by atoms with Crippen LogP contribution < -0.4 is 0 Å². The smallest absolute Gasteiger partial charge is 0.300 e. The second kappa shape index (κ2) is 6.53. The third kappa shape index (κ3) is 2.66. The molecule has 8 nitrogen and oxygen atoms in total. The summed E-state index contributed by atoms with van der Waals surface area (Å²) in [7, 11) is 6.54. The highest BCUT2D eigenvalue weighted by atomic mass is 16.6. The van der Waals surface area contributed by atoms with Crippen LogP contribution in [0.5, 0.6) is 0 Å². The van der Waals surface area contributed by atoms with Gasteiger partial charge in [0.2, 0.25) is 11.9 Å². The molecule has 3 amide bonds. The van der Waals surface area contributed by atoms with E-state index in [1.54, 1.807) is 56.4 Å². The molecule has 0 radical (unpaired) electrons. The molecule has 1 aromatic carbocycles. The predicted molar refractivity (Wildman–Crippen MR) is 94.9 cm³/mol. The number of likely N-dealkylation sites (N-methyl/N-ethyl adjacent to an activating group) is 1. The Hall–Kier alpha value is -2.74. The zero-order valence-corrected chi connectivity index (χ0v) is 15.2. The van der Waals surface area contributed by atoms with Gasteiger partial charge in [-0.05, 0) is 25.7 Å². The quantitative estimate of drug-likeness (QED) is 0.602. The molecule has 0 N–H and O–H groups in total. The fraction of sp³-hybridized carbons (Fsp3) is 0.444. The first-order valence-corrected chi connectivity index (χ1v) is 8.37. The van der Waals surface area contributed by atoms with Gasteiger partial charge in [-0.3, -0.25) is 24.7 Å². The number of amides is 3. The number of urea groups is 1. The summed E-state index contributed by atoms with van der Waals surface area (Å²) in [6.45, 7) is 0. The molecule has 1 aliphatic heterocycles. The molecular weight excluding hydrogens is 336 g/mol. The van der Waals surface area contributed by atoms with E-state index in [4.69, 9.17) is 0 Å². The van der Waals surface area contributed by atoms with Crippen LogP contribution in [0.4, 0.5) is 4.79 Å². The summed E-state index contributed by atoms with van der Waals surface area (Å²) in [5, 5.41) is 12.0. The van der Waals surface area contributed by atoms with Crippen molar-refractivity contribution in [2.75, 3.05) is 28.2 Å². The van der Waals surface area contributed by atoms with Gasteiger partial charge >= 0.3 is 6.03 Å². The molecule has 3 rings (SSSR count). The van der Waals surface area contributed by atoms with Crippen molar-refractivity contribution in [3.63, 3.8) is 0 Å². The molecule has 2 aliphatic rings. The van der Waals surface area contributed by atoms with E-state index < -0.39 is 35.9 Å². The summed E-state index contributed by atoms with van der Waals surface area (Å²) in [4.78, 5) is 41.2. The summed E-state index contributed by atoms with van der Waals surface area (Å²) in [5.74, 6) is -1.84. The third-order valence-electron chi connectivity index (χ3n) is 5.32. The molecule has 1 aliphatic carbocycles. The first kappa shape index (κ1) is 18.1. The van der Waals surface area contributed by atoms with Crippen molar-refractivity contribution in [2.24, 2.45) is 5.92 Å². The van der Waals surface area contributed by atoms with E-state index in [0.29, 0.717) is 5.70 Å². The van der Waals surface area contributed by atoms with Gasteiger partial charge in [-0.1, -0.05) is 30.3 Å². The molecule has 138 valence electrons. The van der Waals surface area contributed by atoms with Crippen LogP contribution in [0.15, 0.2) is 42.1 Å².